The molecule has 0 atom stereocenters. The third-order valence-electron chi connectivity index (χ3n) is 9.28. The van der Waals surface area contributed by atoms with Gasteiger partial charge in [0.15, 0.2) is 23.0 Å². The summed E-state index contributed by atoms with van der Waals surface area (Å²) in [6.07, 6.45) is 0. The highest BCUT2D eigenvalue weighted by Crippen LogP contribution is 2.61. The van der Waals surface area contributed by atoms with Crippen LogP contribution in [0.2, 0.25) is 0 Å². The fourth-order valence-corrected chi connectivity index (χ4v) is 8.91. The molecular weight excluding hydrogens is 662 g/mol. The molecule has 4 aromatic carbocycles. The zero-order valence-corrected chi connectivity index (χ0v) is 33.9. The molecule has 50 heavy (non-hydrogen) atoms. The summed E-state index contributed by atoms with van der Waals surface area (Å²) in [4.78, 5) is 0. The van der Waals surface area contributed by atoms with E-state index in [0.717, 1.165) is 44.9 Å². The zero-order valence-electron chi connectivity index (χ0n) is 32.1. The van der Waals surface area contributed by atoms with Gasteiger partial charge in [-0.2, -0.15) is 0 Å². The van der Waals surface area contributed by atoms with Crippen LogP contribution in [0.3, 0.4) is 0 Å². The number of hydrogen-bond donors (Lipinski definition) is 0. The van der Waals surface area contributed by atoms with E-state index in [1.54, 1.807) is 0 Å². The van der Waals surface area contributed by atoms with Gasteiger partial charge >= 0.3 is 17.2 Å². The third kappa shape index (κ3) is 6.91. The van der Waals surface area contributed by atoms with Crippen molar-refractivity contribution in [2.24, 2.45) is 0 Å². The first kappa shape index (κ1) is 36.3. The molecule has 0 radical (unpaired) electrons. The van der Waals surface area contributed by atoms with E-state index >= 15 is 0 Å². The lowest BCUT2D eigenvalue weighted by Crippen LogP contribution is -2.22. The van der Waals surface area contributed by atoms with Crippen LogP contribution in [-0.2, 0) is 21.7 Å². The predicted molar refractivity (Wildman–Crippen MR) is 207 cm³/mol. The summed E-state index contributed by atoms with van der Waals surface area (Å²) in [7, 11) is -3.56. The second kappa shape index (κ2) is 12.6. The number of rotatable bonds is 5. The SMILES string of the molecule is Cc1c(C(C)(C)C)cc(C(C)(C)C)c(OP2Oc3ccccc3O2)c1-c1c(C)c(C(C)(C)C)cc(C(C)(C)C)c1OP1Oc2ccccc2O1. The standard InChI is InChI=1S/C42H52O6P2/c1-25-27(39(3,4)5)23-29(41(9,10)11)37(47-49-43-31-19-15-16-20-32(31)44-49)35(25)36-26(2)28(40(6,7)8)24-30(42(12,13)14)38(36)48-50-45-33-21-17-18-22-34(33)46-50/h15-24H,1-14H3. The molecule has 0 aliphatic carbocycles. The largest absolute Gasteiger partial charge is 0.530 e. The molecule has 0 N–H and O–H groups in total. The maximum Gasteiger partial charge on any atom is 0.530 e. The van der Waals surface area contributed by atoms with Crippen LogP contribution in [0.1, 0.15) is 116 Å². The summed E-state index contributed by atoms with van der Waals surface area (Å²) in [5, 5.41) is 0. The molecule has 0 unspecified atom stereocenters. The molecule has 4 aromatic rings. The monoisotopic (exact) mass is 714 g/mol. The number of benzene rings is 4. The van der Waals surface area contributed by atoms with E-state index in [1.807, 2.05) is 48.5 Å². The van der Waals surface area contributed by atoms with Crippen molar-refractivity contribution in [1.29, 1.82) is 0 Å². The smallest absolute Gasteiger partial charge is 0.408 e. The fraction of sp³-hybridized carbons (Fsp3) is 0.429. The van der Waals surface area contributed by atoms with E-state index in [-0.39, 0.29) is 21.7 Å². The van der Waals surface area contributed by atoms with Crippen molar-refractivity contribution in [3.63, 3.8) is 0 Å². The lowest BCUT2D eigenvalue weighted by molar-refractivity contribution is 0.420. The quantitative estimate of drug-likeness (QED) is 0.192. The highest BCUT2D eigenvalue weighted by molar-refractivity contribution is 7.43. The van der Waals surface area contributed by atoms with Gasteiger partial charge in [-0.25, -0.2) is 0 Å². The van der Waals surface area contributed by atoms with Gasteiger partial charge in [0, 0.05) is 22.3 Å². The van der Waals surface area contributed by atoms with E-state index in [2.05, 4.69) is 109 Å². The molecule has 6 nitrogen and oxygen atoms in total. The molecule has 0 bridgehead atoms. The minimum absolute atomic E-state index is 0.161. The summed E-state index contributed by atoms with van der Waals surface area (Å²) in [5.41, 5.74) is 7.93. The first-order valence-corrected chi connectivity index (χ1v) is 19.6. The van der Waals surface area contributed by atoms with Gasteiger partial charge in [-0.05, 0) is 82.0 Å². The molecule has 0 saturated carbocycles. The van der Waals surface area contributed by atoms with Crippen LogP contribution in [0.15, 0.2) is 60.7 Å². The Labute approximate surface area is 301 Å². The predicted octanol–water partition coefficient (Wildman–Crippen LogP) is 13.3. The maximum atomic E-state index is 7.04. The molecule has 6 rings (SSSR count). The Bertz CT molecular complexity index is 1750. The van der Waals surface area contributed by atoms with Crippen molar-refractivity contribution in [2.45, 2.75) is 119 Å². The molecule has 0 aromatic heterocycles. The third-order valence-corrected chi connectivity index (χ3v) is 11.3. The summed E-state index contributed by atoms with van der Waals surface area (Å²) in [6, 6.07) is 20.1. The Balaban J connectivity index is 1.69. The van der Waals surface area contributed by atoms with Crippen LogP contribution in [0.5, 0.6) is 34.5 Å². The van der Waals surface area contributed by atoms with Gasteiger partial charge in [0.25, 0.3) is 0 Å². The van der Waals surface area contributed by atoms with Gasteiger partial charge in [0.1, 0.15) is 11.5 Å². The first-order chi connectivity index (χ1) is 23.1. The van der Waals surface area contributed by atoms with Crippen LogP contribution >= 0.6 is 17.2 Å². The van der Waals surface area contributed by atoms with E-state index in [9.17, 15) is 0 Å². The van der Waals surface area contributed by atoms with Crippen molar-refractivity contribution in [2.75, 3.05) is 0 Å². The average Bonchev–Trinajstić information content (AvgIpc) is 3.58. The summed E-state index contributed by atoms with van der Waals surface area (Å²) < 4.78 is 39.4. The molecule has 2 heterocycles. The van der Waals surface area contributed by atoms with E-state index in [0.29, 0.717) is 23.0 Å². The molecule has 0 saturated heterocycles. The van der Waals surface area contributed by atoms with Crippen LogP contribution in [0.4, 0.5) is 0 Å². The van der Waals surface area contributed by atoms with Crippen LogP contribution < -0.4 is 27.1 Å². The van der Waals surface area contributed by atoms with Crippen molar-refractivity contribution >= 4 is 17.2 Å². The Hall–Kier alpha value is -3.46. The van der Waals surface area contributed by atoms with Gasteiger partial charge < -0.3 is 27.1 Å². The summed E-state index contributed by atoms with van der Waals surface area (Å²) in [5.74, 6) is 4.22. The number of para-hydroxylation sites is 4. The van der Waals surface area contributed by atoms with Gasteiger partial charge in [0.2, 0.25) is 0 Å². The van der Waals surface area contributed by atoms with E-state index in [4.69, 9.17) is 27.1 Å². The minimum atomic E-state index is -1.78. The van der Waals surface area contributed by atoms with Crippen LogP contribution in [-0.4, -0.2) is 0 Å². The zero-order chi connectivity index (χ0) is 36.6. The van der Waals surface area contributed by atoms with Crippen molar-refractivity contribution in [3.8, 4) is 45.6 Å². The molecule has 0 amide bonds. The normalized spacial score (nSPS) is 15.1. The first-order valence-electron chi connectivity index (χ1n) is 17.4. The van der Waals surface area contributed by atoms with Crippen molar-refractivity contribution in [3.05, 3.63) is 94.0 Å². The second-order valence-corrected chi connectivity index (χ2v) is 19.5. The average molecular weight is 715 g/mol. The minimum Gasteiger partial charge on any atom is -0.408 e. The van der Waals surface area contributed by atoms with Gasteiger partial charge in [0.05, 0.1) is 0 Å². The second-order valence-electron chi connectivity index (χ2n) is 17.5. The number of hydrogen-bond acceptors (Lipinski definition) is 6. The fourth-order valence-electron chi connectivity index (χ4n) is 6.76. The van der Waals surface area contributed by atoms with Crippen molar-refractivity contribution in [1.82, 2.24) is 0 Å². The Morgan fingerprint density at radius 1 is 0.420 bits per heavy atom. The van der Waals surface area contributed by atoms with E-state index in [1.165, 1.54) is 11.1 Å². The maximum absolute atomic E-state index is 7.04. The Morgan fingerprint density at radius 3 is 0.920 bits per heavy atom. The summed E-state index contributed by atoms with van der Waals surface area (Å²) >= 11 is 0. The van der Waals surface area contributed by atoms with Crippen LogP contribution in [0, 0.1) is 13.8 Å². The molecule has 266 valence electrons. The molecule has 0 fully saturated rings. The number of fused-ring (bicyclic) bond motifs is 2. The van der Waals surface area contributed by atoms with Gasteiger partial charge in [-0.1, -0.05) is 119 Å². The lowest BCUT2D eigenvalue weighted by Gasteiger charge is -2.35. The lowest BCUT2D eigenvalue weighted by atomic mass is 9.72. The topological polar surface area (TPSA) is 55.4 Å². The Morgan fingerprint density at radius 2 is 0.680 bits per heavy atom. The molecule has 2 aliphatic rings. The van der Waals surface area contributed by atoms with E-state index < -0.39 is 17.2 Å². The highest BCUT2D eigenvalue weighted by atomic mass is 31.2. The molecular formula is C42H52O6P2. The Kier molecular flexibility index (Phi) is 9.19. The highest BCUT2D eigenvalue weighted by Gasteiger charge is 2.40. The molecule has 0 spiro atoms. The van der Waals surface area contributed by atoms with Crippen LogP contribution in [0.25, 0.3) is 11.1 Å². The van der Waals surface area contributed by atoms with Gasteiger partial charge in [-0.15, -0.1) is 0 Å². The van der Waals surface area contributed by atoms with Crippen molar-refractivity contribution < 1.29 is 27.1 Å². The molecule has 2 aliphatic heterocycles. The molecule has 8 heteroatoms. The van der Waals surface area contributed by atoms with Gasteiger partial charge in [-0.3, -0.25) is 0 Å². The summed E-state index contributed by atoms with van der Waals surface area (Å²) in [6.45, 7) is 31.4.